The van der Waals surface area contributed by atoms with Crippen molar-refractivity contribution in [2.24, 2.45) is 11.7 Å². The number of hydrogen-bond donors (Lipinski definition) is 1. The van der Waals surface area contributed by atoms with Crippen LogP contribution in [0.15, 0.2) is 22.6 Å². The van der Waals surface area contributed by atoms with E-state index in [2.05, 4.69) is 11.9 Å². The standard InChI is InChI=1S/C15H21ClN2O/c1-2-3-11(8-9-17)4-7-15-18-13-6-5-12(16)10-14(13)19-15/h5-6,10-11H,2-4,7-9,17H2,1H3. The molecule has 0 saturated heterocycles. The van der Waals surface area contributed by atoms with E-state index in [-0.39, 0.29) is 0 Å². The monoisotopic (exact) mass is 280 g/mol. The van der Waals surface area contributed by atoms with E-state index in [0.29, 0.717) is 10.9 Å². The van der Waals surface area contributed by atoms with Gasteiger partial charge in [0.2, 0.25) is 0 Å². The highest BCUT2D eigenvalue weighted by Gasteiger charge is 2.11. The molecule has 2 N–H and O–H groups in total. The van der Waals surface area contributed by atoms with Crippen LogP contribution in [0, 0.1) is 5.92 Å². The van der Waals surface area contributed by atoms with Crippen molar-refractivity contribution in [3.05, 3.63) is 29.1 Å². The summed E-state index contributed by atoms with van der Waals surface area (Å²) in [5.41, 5.74) is 7.30. The Morgan fingerprint density at radius 2 is 2.16 bits per heavy atom. The number of nitrogens with two attached hydrogens (primary N) is 1. The Labute approximate surface area is 119 Å². The van der Waals surface area contributed by atoms with Gasteiger partial charge in [-0.25, -0.2) is 4.98 Å². The molecule has 0 amide bonds. The summed E-state index contributed by atoms with van der Waals surface area (Å²) in [6.45, 7) is 2.97. The van der Waals surface area contributed by atoms with E-state index in [0.717, 1.165) is 42.8 Å². The van der Waals surface area contributed by atoms with Crippen molar-refractivity contribution in [1.82, 2.24) is 4.98 Å². The van der Waals surface area contributed by atoms with Crippen LogP contribution in [0.2, 0.25) is 5.02 Å². The summed E-state index contributed by atoms with van der Waals surface area (Å²) < 4.78 is 5.73. The molecule has 1 heterocycles. The molecule has 0 saturated carbocycles. The first-order chi connectivity index (χ1) is 9.22. The maximum absolute atomic E-state index is 5.94. The summed E-state index contributed by atoms with van der Waals surface area (Å²) in [6.07, 6.45) is 5.47. The van der Waals surface area contributed by atoms with E-state index in [4.69, 9.17) is 21.8 Å². The van der Waals surface area contributed by atoms with E-state index in [9.17, 15) is 0 Å². The molecule has 0 aliphatic carbocycles. The number of rotatable bonds is 7. The molecular formula is C15H21ClN2O. The van der Waals surface area contributed by atoms with Gasteiger partial charge in [0.15, 0.2) is 11.5 Å². The molecule has 19 heavy (non-hydrogen) atoms. The normalized spacial score (nSPS) is 13.0. The van der Waals surface area contributed by atoms with Crippen LogP contribution in [0.5, 0.6) is 0 Å². The Morgan fingerprint density at radius 3 is 2.89 bits per heavy atom. The Balaban J connectivity index is 2.00. The zero-order valence-corrected chi connectivity index (χ0v) is 12.1. The van der Waals surface area contributed by atoms with Crippen molar-refractivity contribution in [3.8, 4) is 0 Å². The molecule has 0 fully saturated rings. The molecule has 1 atom stereocenters. The first kappa shape index (κ1) is 14.4. The first-order valence-corrected chi connectivity index (χ1v) is 7.35. The van der Waals surface area contributed by atoms with Crippen molar-refractivity contribution in [3.63, 3.8) is 0 Å². The van der Waals surface area contributed by atoms with Gasteiger partial charge in [0.05, 0.1) is 0 Å². The molecule has 0 bridgehead atoms. The van der Waals surface area contributed by atoms with E-state index in [1.165, 1.54) is 12.8 Å². The number of oxazole rings is 1. The summed E-state index contributed by atoms with van der Waals surface area (Å²) in [6, 6.07) is 5.55. The van der Waals surface area contributed by atoms with Crippen LogP contribution in [0.25, 0.3) is 11.1 Å². The van der Waals surface area contributed by atoms with Crippen molar-refractivity contribution < 1.29 is 4.42 Å². The van der Waals surface area contributed by atoms with Gasteiger partial charge < -0.3 is 10.2 Å². The van der Waals surface area contributed by atoms with Gasteiger partial charge in [-0.05, 0) is 37.4 Å². The van der Waals surface area contributed by atoms with E-state index in [1.54, 1.807) is 0 Å². The number of halogens is 1. The Hall–Kier alpha value is -1.06. The van der Waals surface area contributed by atoms with Crippen LogP contribution < -0.4 is 5.73 Å². The highest BCUT2D eigenvalue weighted by Crippen LogP contribution is 2.23. The molecule has 2 aromatic rings. The topological polar surface area (TPSA) is 52.0 Å². The number of aryl methyl sites for hydroxylation is 1. The summed E-state index contributed by atoms with van der Waals surface area (Å²) in [7, 11) is 0. The number of fused-ring (bicyclic) bond motifs is 1. The van der Waals surface area contributed by atoms with Gasteiger partial charge in [0.25, 0.3) is 0 Å². The van der Waals surface area contributed by atoms with Gasteiger partial charge in [-0.2, -0.15) is 0 Å². The number of benzene rings is 1. The predicted octanol–water partition coefficient (Wildman–Crippen LogP) is 4.18. The molecule has 4 heteroatoms. The second-order valence-corrected chi connectivity index (χ2v) is 5.43. The molecule has 0 aliphatic rings. The van der Waals surface area contributed by atoms with E-state index < -0.39 is 0 Å². The lowest BCUT2D eigenvalue weighted by Gasteiger charge is -2.13. The fourth-order valence-electron chi connectivity index (χ4n) is 2.46. The first-order valence-electron chi connectivity index (χ1n) is 6.98. The summed E-state index contributed by atoms with van der Waals surface area (Å²) >= 11 is 5.94. The Bertz CT molecular complexity index is 518. The molecule has 104 valence electrons. The van der Waals surface area contributed by atoms with Crippen molar-refractivity contribution in [2.75, 3.05) is 6.54 Å². The minimum Gasteiger partial charge on any atom is -0.441 e. The molecule has 2 rings (SSSR count). The van der Waals surface area contributed by atoms with Crippen LogP contribution in [0.3, 0.4) is 0 Å². The SMILES string of the molecule is CCCC(CCN)CCc1nc2ccc(Cl)cc2o1. The third-order valence-corrected chi connectivity index (χ3v) is 3.67. The lowest BCUT2D eigenvalue weighted by atomic mass is 9.94. The summed E-state index contributed by atoms with van der Waals surface area (Å²) in [5.74, 6) is 1.48. The van der Waals surface area contributed by atoms with Gasteiger partial charge in [-0.3, -0.25) is 0 Å². The van der Waals surface area contributed by atoms with E-state index >= 15 is 0 Å². The second kappa shape index (κ2) is 6.92. The maximum atomic E-state index is 5.94. The van der Waals surface area contributed by atoms with Crippen LogP contribution >= 0.6 is 11.6 Å². The average molecular weight is 281 g/mol. The van der Waals surface area contributed by atoms with Gasteiger partial charge >= 0.3 is 0 Å². The van der Waals surface area contributed by atoms with Crippen LogP contribution in [-0.2, 0) is 6.42 Å². The smallest absolute Gasteiger partial charge is 0.195 e. The van der Waals surface area contributed by atoms with Gasteiger partial charge in [-0.15, -0.1) is 0 Å². The van der Waals surface area contributed by atoms with E-state index in [1.807, 2.05) is 18.2 Å². The molecule has 1 aromatic carbocycles. The summed E-state index contributed by atoms with van der Waals surface area (Å²) in [5, 5.41) is 0.683. The maximum Gasteiger partial charge on any atom is 0.195 e. The lowest BCUT2D eigenvalue weighted by molar-refractivity contribution is 0.398. The molecule has 3 nitrogen and oxygen atoms in total. The number of aromatic nitrogens is 1. The Morgan fingerprint density at radius 1 is 1.32 bits per heavy atom. The minimum absolute atomic E-state index is 0.675. The highest BCUT2D eigenvalue weighted by molar-refractivity contribution is 6.31. The molecule has 0 aliphatic heterocycles. The molecular weight excluding hydrogens is 260 g/mol. The highest BCUT2D eigenvalue weighted by atomic mass is 35.5. The van der Waals surface area contributed by atoms with Gasteiger partial charge in [0.1, 0.15) is 5.52 Å². The van der Waals surface area contributed by atoms with Crippen LogP contribution in [-0.4, -0.2) is 11.5 Å². The molecule has 0 spiro atoms. The minimum atomic E-state index is 0.675. The fraction of sp³-hybridized carbons (Fsp3) is 0.533. The second-order valence-electron chi connectivity index (χ2n) is 4.99. The van der Waals surface area contributed by atoms with Crippen LogP contribution in [0.1, 0.15) is 38.5 Å². The molecule has 1 unspecified atom stereocenters. The number of hydrogen-bond acceptors (Lipinski definition) is 3. The Kier molecular flexibility index (Phi) is 5.23. The molecule has 1 aromatic heterocycles. The fourth-order valence-corrected chi connectivity index (χ4v) is 2.62. The van der Waals surface area contributed by atoms with Crippen molar-refractivity contribution >= 4 is 22.7 Å². The van der Waals surface area contributed by atoms with Crippen molar-refractivity contribution in [2.45, 2.75) is 39.0 Å². The average Bonchev–Trinajstić information content (AvgIpc) is 2.78. The van der Waals surface area contributed by atoms with Crippen molar-refractivity contribution in [1.29, 1.82) is 0 Å². The zero-order valence-electron chi connectivity index (χ0n) is 11.4. The van der Waals surface area contributed by atoms with Gasteiger partial charge in [0, 0.05) is 17.5 Å². The third-order valence-electron chi connectivity index (χ3n) is 3.43. The number of nitrogens with zero attached hydrogens (tertiary/aromatic N) is 1. The quantitative estimate of drug-likeness (QED) is 0.828. The van der Waals surface area contributed by atoms with Gasteiger partial charge in [-0.1, -0.05) is 31.4 Å². The predicted molar refractivity (Wildman–Crippen MR) is 79.4 cm³/mol. The lowest BCUT2D eigenvalue weighted by Crippen LogP contribution is -2.09. The largest absolute Gasteiger partial charge is 0.441 e. The van der Waals surface area contributed by atoms with Crippen LogP contribution in [0.4, 0.5) is 0 Å². The zero-order chi connectivity index (χ0) is 13.7. The summed E-state index contributed by atoms with van der Waals surface area (Å²) in [4.78, 5) is 4.49. The molecule has 0 radical (unpaired) electrons. The third kappa shape index (κ3) is 3.95.